The van der Waals surface area contributed by atoms with Gasteiger partial charge in [-0.15, -0.1) is 0 Å². The topological polar surface area (TPSA) is 24.0 Å². The highest BCUT2D eigenvalue weighted by Gasteiger charge is 2.05. The Bertz CT molecular complexity index is 566. The fourth-order valence-corrected chi connectivity index (χ4v) is 2.38. The van der Waals surface area contributed by atoms with E-state index in [1.807, 2.05) is 0 Å². The van der Waals surface area contributed by atoms with Gasteiger partial charge >= 0.3 is 0 Å². The number of hydrogen-bond acceptors (Lipinski definition) is 2. The summed E-state index contributed by atoms with van der Waals surface area (Å²) in [6.45, 7) is 4.17. The predicted octanol–water partition coefficient (Wildman–Crippen LogP) is 2.96. The third-order valence-corrected chi connectivity index (χ3v) is 3.33. The van der Waals surface area contributed by atoms with Crippen molar-refractivity contribution in [1.29, 1.82) is 0 Å². The molecule has 0 fully saturated rings. The van der Waals surface area contributed by atoms with Crippen molar-refractivity contribution in [3.8, 4) is 0 Å². The van der Waals surface area contributed by atoms with Crippen molar-refractivity contribution in [2.24, 2.45) is 0 Å². The Balaban J connectivity index is 2.31. The van der Waals surface area contributed by atoms with Gasteiger partial charge in [-0.25, -0.2) is 0 Å². The molecule has 3 nitrogen and oxygen atoms in total. The van der Waals surface area contributed by atoms with E-state index in [2.05, 4.69) is 53.7 Å². The molecule has 0 amide bonds. The molecule has 0 atom stereocenters. The first-order chi connectivity index (χ1) is 8.09. The number of aromatic nitrogens is 2. The maximum atomic E-state index is 5.39. The molecule has 0 bridgehead atoms. The van der Waals surface area contributed by atoms with Gasteiger partial charge in [0.05, 0.1) is 11.0 Å². The summed E-state index contributed by atoms with van der Waals surface area (Å²) in [5, 5.41) is 0. The van der Waals surface area contributed by atoms with Gasteiger partial charge < -0.3 is 14.5 Å². The van der Waals surface area contributed by atoms with Crippen molar-refractivity contribution in [3.05, 3.63) is 28.5 Å². The molecule has 1 heterocycles. The van der Waals surface area contributed by atoms with Crippen LogP contribution >= 0.6 is 12.2 Å². The van der Waals surface area contributed by atoms with Crippen molar-refractivity contribution in [2.75, 3.05) is 20.6 Å². The molecule has 92 valence electrons. The molecule has 0 unspecified atom stereocenters. The number of aryl methyl sites for hydroxylation is 2. The maximum absolute atomic E-state index is 5.39. The Morgan fingerprint density at radius 3 is 2.82 bits per heavy atom. The lowest BCUT2D eigenvalue weighted by molar-refractivity contribution is 0.387. The van der Waals surface area contributed by atoms with Crippen LogP contribution in [0.1, 0.15) is 12.0 Å². The third kappa shape index (κ3) is 2.58. The van der Waals surface area contributed by atoms with E-state index in [1.54, 1.807) is 0 Å². The molecular formula is C13H19N3S. The fourth-order valence-electron chi connectivity index (χ4n) is 2.09. The lowest BCUT2D eigenvalue weighted by Crippen LogP contribution is -2.15. The van der Waals surface area contributed by atoms with E-state index >= 15 is 0 Å². The minimum Gasteiger partial charge on any atom is -0.330 e. The summed E-state index contributed by atoms with van der Waals surface area (Å²) < 4.78 is 3.02. The van der Waals surface area contributed by atoms with E-state index in [1.165, 1.54) is 16.6 Å². The van der Waals surface area contributed by atoms with E-state index in [4.69, 9.17) is 12.2 Å². The number of aromatic amines is 1. The van der Waals surface area contributed by atoms with Crippen LogP contribution in [0.25, 0.3) is 11.0 Å². The summed E-state index contributed by atoms with van der Waals surface area (Å²) in [6, 6.07) is 6.32. The molecule has 0 saturated heterocycles. The van der Waals surface area contributed by atoms with Crippen molar-refractivity contribution in [2.45, 2.75) is 19.9 Å². The number of nitrogens with one attached hydrogen (secondary N) is 1. The summed E-state index contributed by atoms with van der Waals surface area (Å²) in [6.07, 6.45) is 1.11. The quantitative estimate of drug-likeness (QED) is 0.842. The van der Waals surface area contributed by atoms with Crippen LogP contribution in [0, 0.1) is 11.7 Å². The highest BCUT2D eigenvalue weighted by molar-refractivity contribution is 7.71. The Morgan fingerprint density at radius 1 is 1.35 bits per heavy atom. The van der Waals surface area contributed by atoms with Crippen LogP contribution in [0.4, 0.5) is 0 Å². The first-order valence-electron chi connectivity index (χ1n) is 5.92. The first-order valence-corrected chi connectivity index (χ1v) is 6.33. The molecule has 2 rings (SSSR count). The zero-order valence-electron chi connectivity index (χ0n) is 10.7. The number of fused-ring (bicyclic) bond motifs is 1. The second kappa shape index (κ2) is 5.02. The lowest BCUT2D eigenvalue weighted by atomic mass is 10.2. The SMILES string of the molecule is Cc1cccc2c1[nH]c(=S)n2CCCN(C)C. The van der Waals surface area contributed by atoms with Crippen LogP contribution in [0.2, 0.25) is 0 Å². The second-order valence-electron chi connectivity index (χ2n) is 4.71. The lowest BCUT2D eigenvalue weighted by Gasteiger charge is -2.10. The Labute approximate surface area is 107 Å². The number of rotatable bonds is 4. The third-order valence-electron chi connectivity index (χ3n) is 3.01. The van der Waals surface area contributed by atoms with Crippen LogP contribution < -0.4 is 0 Å². The van der Waals surface area contributed by atoms with Gasteiger partial charge in [0.2, 0.25) is 0 Å². The minimum atomic E-state index is 0.827. The molecule has 0 saturated carbocycles. The molecule has 0 aliphatic carbocycles. The molecule has 0 aliphatic heterocycles. The van der Waals surface area contributed by atoms with Crippen molar-refractivity contribution >= 4 is 23.3 Å². The smallest absolute Gasteiger partial charge is 0.178 e. The minimum absolute atomic E-state index is 0.827. The van der Waals surface area contributed by atoms with E-state index in [0.29, 0.717) is 0 Å². The highest BCUT2D eigenvalue weighted by atomic mass is 32.1. The molecular weight excluding hydrogens is 230 g/mol. The maximum Gasteiger partial charge on any atom is 0.178 e. The number of para-hydroxylation sites is 1. The van der Waals surface area contributed by atoms with Gasteiger partial charge in [0.15, 0.2) is 4.77 Å². The monoisotopic (exact) mass is 249 g/mol. The van der Waals surface area contributed by atoms with Gasteiger partial charge in [-0.1, -0.05) is 12.1 Å². The summed E-state index contributed by atoms with van der Waals surface area (Å²) in [4.78, 5) is 5.50. The molecule has 0 aliphatic rings. The molecule has 2 aromatic rings. The van der Waals surface area contributed by atoms with Crippen molar-refractivity contribution in [1.82, 2.24) is 14.5 Å². The number of benzene rings is 1. The Morgan fingerprint density at radius 2 is 2.12 bits per heavy atom. The van der Waals surface area contributed by atoms with E-state index < -0.39 is 0 Å². The van der Waals surface area contributed by atoms with Crippen molar-refractivity contribution in [3.63, 3.8) is 0 Å². The number of imidazole rings is 1. The average Bonchev–Trinajstić information content (AvgIpc) is 2.57. The summed E-state index contributed by atoms with van der Waals surface area (Å²) >= 11 is 5.39. The highest BCUT2D eigenvalue weighted by Crippen LogP contribution is 2.18. The number of H-pyrrole nitrogens is 1. The summed E-state index contributed by atoms with van der Waals surface area (Å²) in [5.41, 5.74) is 3.64. The normalized spacial score (nSPS) is 11.5. The van der Waals surface area contributed by atoms with E-state index in [0.717, 1.165) is 24.3 Å². The van der Waals surface area contributed by atoms with Crippen molar-refractivity contribution < 1.29 is 0 Å². The molecule has 4 heteroatoms. The van der Waals surface area contributed by atoms with Gasteiger partial charge in [-0.3, -0.25) is 0 Å². The van der Waals surface area contributed by atoms with Crippen LogP contribution in [-0.2, 0) is 6.54 Å². The van der Waals surface area contributed by atoms with Crippen LogP contribution in [0.5, 0.6) is 0 Å². The first kappa shape index (κ1) is 12.3. The molecule has 0 radical (unpaired) electrons. The van der Waals surface area contributed by atoms with Crippen LogP contribution in [0.3, 0.4) is 0 Å². The standard InChI is InChI=1S/C13H19N3S/c1-10-6-4-7-11-12(10)14-13(17)16(11)9-5-8-15(2)3/h4,6-7H,5,8-9H2,1-3H3,(H,14,17). The largest absolute Gasteiger partial charge is 0.330 e. The summed E-state index contributed by atoms with van der Waals surface area (Å²) in [7, 11) is 4.19. The van der Waals surface area contributed by atoms with Gasteiger partial charge in [0.1, 0.15) is 0 Å². The second-order valence-corrected chi connectivity index (χ2v) is 5.09. The van der Waals surface area contributed by atoms with Gasteiger partial charge in [-0.2, -0.15) is 0 Å². The Kier molecular flexibility index (Phi) is 3.64. The van der Waals surface area contributed by atoms with Crippen LogP contribution in [-0.4, -0.2) is 35.1 Å². The molecule has 1 aromatic carbocycles. The summed E-state index contributed by atoms with van der Waals surface area (Å²) in [5.74, 6) is 0. The molecule has 17 heavy (non-hydrogen) atoms. The van der Waals surface area contributed by atoms with Crippen LogP contribution in [0.15, 0.2) is 18.2 Å². The number of hydrogen-bond donors (Lipinski definition) is 1. The van der Waals surface area contributed by atoms with Gasteiger partial charge in [-0.05, 0) is 57.8 Å². The van der Waals surface area contributed by atoms with E-state index in [-0.39, 0.29) is 0 Å². The molecule has 1 aromatic heterocycles. The fraction of sp³-hybridized carbons (Fsp3) is 0.462. The van der Waals surface area contributed by atoms with Gasteiger partial charge in [0.25, 0.3) is 0 Å². The van der Waals surface area contributed by atoms with E-state index in [9.17, 15) is 0 Å². The number of nitrogens with zero attached hydrogens (tertiary/aromatic N) is 2. The zero-order chi connectivity index (χ0) is 12.4. The molecule has 0 spiro atoms. The molecule has 1 N–H and O–H groups in total. The van der Waals surface area contributed by atoms with Gasteiger partial charge in [0, 0.05) is 6.54 Å². The average molecular weight is 249 g/mol. The predicted molar refractivity (Wildman–Crippen MR) is 75.0 cm³/mol. The zero-order valence-corrected chi connectivity index (χ0v) is 11.5. The Hall–Kier alpha value is -1.13.